The lowest BCUT2D eigenvalue weighted by Gasteiger charge is -2.32. The van der Waals surface area contributed by atoms with Gasteiger partial charge in [-0.05, 0) is 38.4 Å². The first-order valence-electron chi connectivity index (χ1n) is 8.65. The van der Waals surface area contributed by atoms with E-state index < -0.39 is 0 Å². The predicted molar refractivity (Wildman–Crippen MR) is 99.4 cm³/mol. The predicted octanol–water partition coefficient (Wildman–Crippen LogP) is 1.82. The zero-order valence-corrected chi connectivity index (χ0v) is 15.4. The maximum Gasteiger partial charge on any atom is 0.260 e. The van der Waals surface area contributed by atoms with Crippen LogP contribution in [0.15, 0.2) is 24.3 Å². The van der Waals surface area contributed by atoms with Gasteiger partial charge in [-0.3, -0.25) is 9.59 Å². The van der Waals surface area contributed by atoms with Crippen LogP contribution in [0.1, 0.15) is 25.7 Å². The number of anilines is 1. The molecule has 2 aliphatic rings. The second kappa shape index (κ2) is 9.06. The molecule has 0 aliphatic carbocycles. The third-order valence-electron chi connectivity index (χ3n) is 4.75. The Morgan fingerprint density at radius 3 is 2.88 bits per heavy atom. The summed E-state index contributed by atoms with van der Waals surface area (Å²) in [6, 6.07) is 7.79. The smallest absolute Gasteiger partial charge is 0.260 e. The van der Waals surface area contributed by atoms with Crippen LogP contribution in [0.4, 0.5) is 5.69 Å². The van der Waals surface area contributed by atoms with Crippen LogP contribution in [0.25, 0.3) is 0 Å². The second-order valence-corrected chi connectivity index (χ2v) is 6.40. The molecule has 1 atom stereocenters. The molecular weight excluding hydrogens is 342 g/mol. The SMILES string of the molecule is CNC1CCCN(C(=O)COc2cccc(N3CCCC3=O)c2)C1.Cl. The first-order chi connectivity index (χ1) is 11.7. The Morgan fingerprint density at radius 2 is 2.16 bits per heavy atom. The number of hydrogen-bond donors (Lipinski definition) is 1. The molecule has 138 valence electrons. The van der Waals surface area contributed by atoms with Crippen molar-refractivity contribution < 1.29 is 14.3 Å². The lowest BCUT2D eigenvalue weighted by molar-refractivity contribution is -0.134. The quantitative estimate of drug-likeness (QED) is 0.862. The standard InChI is InChI=1S/C18H25N3O3.ClH/c1-19-14-5-3-9-20(12-14)18(23)13-24-16-7-2-6-15(11-16)21-10-4-8-17(21)22;/h2,6-7,11,14,19H,3-5,8-10,12-13H2,1H3;1H. The molecule has 0 aromatic heterocycles. The third kappa shape index (κ3) is 4.86. The summed E-state index contributed by atoms with van der Waals surface area (Å²) >= 11 is 0. The zero-order chi connectivity index (χ0) is 16.9. The fourth-order valence-electron chi connectivity index (χ4n) is 3.34. The average molecular weight is 368 g/mol. The lowest BCUT2D eigenvalue weighted by Crippen LogP contribution is -2.48. The maximum absolute atomic E-state index is 12.3. The van der Waals surface area contributed by atoms with E-state index in [2.05, 4.69) is 5.32 Å². The van der Waals surface area contributed by atoms with Gasteiger partial charge >= 0.3 is 0 Å². The summed E-state index contributed by atoms with van der Waals surface area (Å²) in [6.07, 6.45) is 3.62. The number of nitrogens with zero attached hydrogens (tertiary/aromatic N) is 2. The molecule has 6 nitrogen and oxygen atoms in total. The molecule has 0 spiro atoms. The number of likely N-dealkylation sites (tertiary alicyclic amines) is 1. The van der Waals surface area contributed by atoms with Gasteiger partial charge in [0.25, 0.3) is 5.91 Å². The van der Waals surface area contributed by atoms with Crippen molar-refractivity contribution in [2.24, 2.45) is 0 Å². The molecule has 2 fully saturated rings. The van der Waals surface area contributed by atoms with Crippen molar-refractivity contribution in [2.45, 2.75) is 31.7 Å². The molecule has 2 heterocycles. The number of hydrogen-bond acceptors (Lipinski definition) is 4. The van der Waals surface area contributed by atoms with Crippen molar-refractivity contribution in [3.8, 4) is 5.75 Å². The van der Waals surface area contributed by atoms with Crippen molar-refractivity contribution in [2.75, 3.05) is 38.2 Å². The highest BCUT2D eigenvalue weighted by molar-refractivity contribution is 5.95. The van der Waals surface area contributed by atoms with Gasteiger partial charge in [0.1, 0.15) is 5.75 Å². The molecule has 0 bridgehead atoms. The molecule has 0 saturated carbocycles. The molecule has 1 aromatic rings. The number of piperidine rings is 1. The van der Waals surface area contributed by atoms with Crippen LogP contribution in [-0.2, 0) is 9.59 Å². The number of carbonyl (C=O) groups excluding carboxylic acids is 2. The van der Waals surface area contributed by atoms with Gasteiger partial charge < -0.3 is 19.9 Å². The van der Waals surface area contributed by atoms with E-state index in [0.717, 1.165) is 44.6 Å². The molecule has 3 rings (SSSR count). The average Bonchev–Trinajstić information content (AvgIpc) is 3.06. The summed E-state index contributed by atoms with van der Waals surface area (Å²) in [4.78, 5) is 27.8. The fourth-order valence-corrected chi connectivity index (χ4v) is 3.34. The molecular formula is C18H26ClN3O3. The summed E-state index contributed by atoms with van der Waals surface area (Å²) in [5.41, 5.74) is 0.843. The third-order valence-corrected chi connectivity index (χ3v) is 4.75. The van der Waals surface area contributed by atoms with Crippen molar-refractivity contribution >= 4 is 29.9 Å². The Hall–Kier alpha value is -1.79. The largest absolute Gasteiger partial charge is 0.484 e. The molecule has 1 aromatic carbocycles. The Balaban J connectivity index is 0.00000225. The molecule has 1 unspecified atom stereocenters. The van der Waals surface area contributed by atoms with Crippen molar-refractivity contribution in [3.05, 3.63) is 24.3 Å². The van der Waals surface area contributed by atoms with Gasteiger partial charge in [0, 0.05) is 43.9 Å². The molecule has 25 heavy (non-hydrogen) atoms. The van der Waals surface area contributed by atoms with Crippen molar-refractivity contribution in [3.63, 3.8) is 0 Å². The van der Waals surface area contributed by atoms with Crippen LogP contribution in [0.5, 0.6) is 5.75 Å². The number of amides is 2. The van der Waals surface area contributed by atoms with E-state index in [1.807, 2.05) is 36.2 Å². The van der Waals surface area contributed by atoms with Crippen LogP contribution in [-0.4, -0.2) is 56.0 Å². The summed E-state index contributed by atoms with van der Waals surface area (Å²) in [5.74, 6) is 0.787. The number of carbonyl (C=O) groups is 2. The summed E-state index contributed by atoms with van der Waals surface area (Å²) in [6.45, 7) is 2.32. The van der Waals surface area contributed by atoms with Crippen LogP contribution in [0.3, 0.4) is 0 Å². The first-order valence-corrected chi connectivity index (χ1v) is 8.65. The highest BCUT2D eigenvalue weighted by Gasteiger charge is 2.24. The minimum atomic E-state index is 0. The molecule has 2 aliphatic heterocycles. The van der Waals surface area contributed by atoms with E-state index in [0.29, 0.717) is 18.2 Å². The maximum atomic E-state index is 12.3. The van der Waals surface area contributed by atoms with Gasteiger partial charge in [0.15, 0.2) is 6.61 Å². The van der Waals surface area contributed by atoms with Crippen LogP contribution < -0.4 is 15.0 Å². The summed E-state index contributed by atoms with van der Waals surface area (Å²) in [5, 5.41) is 3.23. The van der Waals surface area contributed by atoms with E-state index in [-0.39, 0.29) is 30.8 Å². The van der Waals surface area contributed by atoms with E-state index in [9.17, 15) is 9.59 Å². The van der Waals surface area contributed by atoms with Crippen LogP contribution >= 0.6 is 12.4 Å². The Morgan fingerprint density at radius 1 is 1.32 bits per heavy atom. The molecule has 7 heteroatoms. The first kappa shape index (κ1) is 19.5. The lowest BCUT2D eigenvalue weighted by atomic mass is 10.1. The monoisotopic (exact) mass is 367 g/mol. The topological polar surface area (TPSA) is 61.9 Å². The van der Waals surface area contributed by atoms with Crippen LogP contribution in [0.2, 0.25) is 0 Å². The van der Waals surface area contributed by atoms with Gasteiger partial charge in [0.2, 0.25) is 5.91 Å². The fraction of sp³-hybridized carbons (Fsp3) is 0.556. The number of benzene rings is 1. The van der Waals surface area contributed by atoms with Crippen molar-refractivity contribution in [1.82, 2.24) is 10.2 Å². The highest BCUT2D eigenvalue weighted by Crippen LogP contribution is 2.25. The van der Waals surface area contributed by atoms with Crippen molar-refractivity contribution in [1.29, 1.82) is 0 Å². The van der Waals surface area contributed by atoms with Gasteiger partial charge in [-0.25, -0.2) is 0 Å². The number of nitrogens with one attached hydrogen (secondary N) is 1. The Kier molecular flexibility index (Phi) is 7.08. The van der Waals surface area contributed by atoms with Gasteiger partial charge in [-0.15, -0.1) is 12.4 Å². The number of ether oxygens (including phenoxy) is 1. The van der Waals surface area contributed by atoms with Gasteiger partial charge in [-0.2, -0.15) is 0 Å². The summed E-state index contributed by atoms with van der Waals surface area (Å²) in [7, 11) is 1.93. The van der Waals surface area contributed by atoms with Gasteiger partial charge in [0.05, 0.1) is 0 Å². The van der Waals surface area contributed by atoms with E-state index >= 15 is 0 Å². The second-order valence-electron chi connectivity index (χ2n) is 6.40. The van der Waals surface area contributed by atoms with Gasteiger partial charge in [-0.1, -0.05) is 6.07 Å². The number of rotatable bonds is 5. The van der Waals surface area contributed by atoms with E-state index in [1.165, 1.54) is 0 Å². The van der Waals surface area contributed by atoms with E-state index in [4.69, 9.17) is 4.74 Å². The Bertz CT molecular complexity index is 611. The normalized spacial score (nSPS) is 20.4. The van der Waals surface area contributed by atoms with Crippen LogP contribution in [0, 0.1) is 0 Å². The summed E-state index contributed by atoms with van der Waals surface area (Å²) < 4.78 is 5.68. The zero-order valence-electron chi connectivity index (χ0n) is 14.6. The minimum absolute atomic E-state index is 0. The highest BCUT2D eigenvalue weighted by atomic mass is 35.5. The van der Waals surface area contributed by atoms with E-state index in [1.54, 1.807) is 4.90 Å². The Labute approximate surface area is 154 Å². The molecule has 0 radical (unpaired) electrons. The number of halogens is 1. The number of likely N-dealkylation sites (N-methyl/N-ethyl adjacent to an activating group) is 1. The minimum Gasteiger partial charge on any atom is -0.484 e. The molecule has 2 amide bonds. The molecule has 1 N–H and O–H groups in total. The molecule has 2 saturated heterocycles.